The van der Waals surface area contributed by atoms with Crippen LogP contribution in [-0.2, 0) is 24.0 Å². The molecule has 13 heteroatoms. The molecule has 2 aromatic rings. The minimum absolute atomic E-state index is 0.131. The molecule has 3 N–H and O–H groups in total. The Morgan fingerprint density at radius 3 is 2.69 bits per heavy atom. The molecule has 3 amide bonds. The molecule has 32 heavy (non-hydrogen) atoms. The van der Waals surface area contributed by atoms with Gasteiger partial charge < -0.3 is 25.5 Å². The lowest BCUT2D eigenvalue weighted by Crippen LogP contribution is -2.71. The second kappa shape index (κ2) is 10.7. The van der Waals surface area contributed by atoms with Crippen LogP contribution >= 0.6 is 22.9 Å². The number of aromatic nitrogens is 1. The van der Waals surface area contributed by atoms with Gasteiger partial charge >= 0.3 is 5.97 Å². The molecule has 168 valence electrons. The normalized spacial score (nSPS) is 17.6. The van der Waals surface area contributed by atoms with E-state index in [1.807, 2.05) is 0 Å². The summed E-state index contributed by atoms with van der Waals surface area (Å²) in [6, 6.07) is 6.82. The molecule has 2 heterocycles. The molecule has 1 aromatic carbocycles. The topological polar surface area (TPSA) is 148 Å². The first-order valence-corrected chi connectivity index (χ1v) is 10.6. The third-order valence-electron chi connectivity index (χ3n) is 4.21. The predicted molar refractivity (Wildman–Crippen MR) is 116 cm³/mol. The van der Waals surface area contributed by atoms with Crippen LogP contribution in [0.2, 0.25) is 0 Å². The molecule has 1 aliphatic heterocycles. The molecule has 2 atom stereocenters. The van der Waals surface area contributed by atoms with Crippen LogP contribution in [0.15, 0.2) is 40.9 Å². The molecular weight excluding hydrogens is 462 g/mol. The smallest absolute Gasteiger partial charge is 0.338 e. The number of carbonyl (C=O) groups is 4. The largest absolute Gasteiger partial charge is 0.460 e. The lowest BCUT2D eigenvalue weighted by molar-refractivity contribution is -0.135. The number of benzene rings is 1. The molecule has 0 spiro atoms. The van der Waals surface area contributed by atoms with Gasteiger partial charge in [0.2, 0.25) is 11.8 Å². The van der Waals surface area contributed by atoms with Gasteiger partial charge in [-0.05, 0) is 12.1 Å². The molecule has 3 rings (SSSR count). The molecule has 2 unspecified atom stereocenters. The lowest BCUT2D eigenvalue weighted by Gasteiger charge is -2.36. The number of anilines is 1. The van der Waals surface area contributed by atoms with Gasteiger partial charge in [-0.3, -0.25) is 14.4 Å². The first-order valence-electron chi connectivity index (χ1n) is 9.19. The average molecular weight is 480 g/mol. The summed E-state index contributed by atoms with van der Waals surface area (Å²) in [5.74, 6) is -2.42. The number of esters is 1. The van der Waals surface area contributed by atoms with Crippen molar-refractivity contribution in [1.29, 1.82) is 0 Å². The van der Waals surface area contributed by atoms with Crippen molar-refractivity contribution in [3.8, 4) is 0 Å². The highest BCUT2D eigenvalue weighted by Crippen LogP contribution is 2.17. The second-order valence-corrected chi connectivity index (χ2v) is 7.50. The van der Waals surface area contributed by atoms with Crippen LogP contribution in [0.4, 0.5) is 5.13 Å². The number of β-lactam (4-membered cyclic amide) rings is 1. The fourth-order valence-electron chi connectivity index (χ4n) is 2.67. The molecule has 1 aromatic heterocycles. The van der Waals surface area contributed by atoms with Gasteiger partial charge in [0, 0.05) is 5.38 Å². The number of nitrogens with zero attached hydrogens (tertiary/aromatic N) is 2. The van der Waals surface area contributed by atoms with Crippen molar-refractivity contribution in [3.63, 3.8) is 0 Å². The van der Waals surface area contributed by atoms with Crippen LogP contribution in [0.3, 0.4) is 0 Å². The number of alkyl halides is 1. The molecule has 0 saturated carbocycles. The van der Waals surface area contributed by atoms with E-state index in [9.17, 15) is 19.2 Å². The van der Waals surface area contributed by atoms with E-state index in [1.165, 1.54) is 12.5 Å². The number of carbonyl (C=O) groups excluding carboxylic acids is 4. The number of hydrogen-bond donors (Lipinski definition) is 3. The molecule has 1 fully saturated rings. The fourth-order valence-corrected chi connectivity index (χ4v) is 3.45. The standard InChI is InChI=1S/C19H18ClN5O6S/c1-30-25-15(12-9-32-19(22-12)23-13(26)7-20)17(28)24-14-11(21-16(14)27)8-31-18(29)10-5-3-2-4-6-10/h2-6,9,11,14H,7-8H2,1H3,(H,21,27)(H,24,28)(H,22,23,26)/b25-15-. The van der Waals surface area contributed by atoms with Crippen molar-refractivity contribution in [2.45, 2.75) is 12.1 Å². The Kier molecular flexibility index (Phi) is 7.73. The third-order valence-corrected chi connectivity index (χ3v) is 5.22. The number of thiazole rings is 1. The van der Waals surface area contributed by atoms with E-state index in [0.29, 0.717) is 5.56 Å². The maximum atomic E-state index is 12.7. The van der Waals surface area contributed by atoms with Gasteiger partial charge in [-0.25, -0.2) is 9.78 Å². The number of amides is 3. The van der Waals surface area contributed by atoms with Crippen LogP contribution in [-0.4, -0.2) is 66.1 Å². The van der Waals surface area contributed by atoms with Crippen molar-refractivity contribution in [1.82, 2.24) is 15.6 Å². The van der Waals surface area contributed by atoms with Crippen LogP contribution in [0, 0.1) is 0 Å². The summed E-state index contributed by atoms with van der Waals surface area (Å²) in [5.41, 5.74) is 0.301. The monoisotopic (exact) mass is 479 g/mol. The fraction of sp³-hybridized carbons (Fsp3) is 0.263. The highest BCUT2D eigenvalue weighted by molar-refractivity contribution is 7.14. The van der Waals surface area contributed by atoms with Gasteiger partial charge in [0.1, 0.15) is 31.3 Å². The van der Waals surface area contributed by atoms with E-state index >= 15 is 0 Å². The van der Waals surface area contributed by atoms with Gasteiger partial charge in [0.05, 0.1) is 11.6 Å². The van der Waals surface area contributed by atoms with E-state index in [2.05, 4.69) is 26.1 Å². The SMILES string of the molecule is CO/N=C(\C(=O)NC1C(=O)NC1COC(=O)c1ccccc1)c1csc(NC(=O)CCl)n1. The summed E-state index contributed by atoms with van der Waals surface area (Å²) >= 11 is 6.51. The van der Waals surface area contributed by atoms with Crippen molar-refractivity contribution < 1.29 is 28.8 Å². The summed E-state index contributed by atoms with van der Waals surface area (Å²) in [4.78, 5) is 57.0. The number of oxime groups is 1. The summed E-state index contributed by atoms with van der Waals surface area (Å²) in [5, 5.41) is 12.9. The van der Waals surface area contributed by atoms with Gasteiger partial charge in [-0.15, -0.1) is 22.9 Å². The molecule has 1 aliphatic rings. The zero-order chi connectivity index (χ0) is 23.1. The van der Waals surface area contributed by atoms with Crippen molar-refractivity contribution in [2.24, 2.45) is 5.16 Å². The Hall–Kier alpha value is -3.51. The van der Waals surface area contributed by atoms with Crippen LogP contribution in [0.5, 0.6) is 0 Å². The van der Waals surface area contributed by atoms with Gasteiger partial charge in [-0.2, -0.15) is 0 Å². The zero-order valence-corrected chi connectivity index (χ0v) is 18.2. The molecule has 0 radical (unpaired) electrons. The third kappa shape index (κ3) is 5.59. The molecule has 0 bridgehead atoms. The summed E-state index contributed by atoms with van der Waals surface area (Å²) in [6.07, 6.45) is 0. The maximum absolute atomic E-state index is 12.7. The van der Waals surface area contributed by atoms with Crippen molar-refractivity contribution in [2.75, 3.05) is 24.9 Å². The van der Waals surface area contributed by atoms with Crippen LogP contribution in [0.25, 0.3) is 0 Å². The highest BCUT2D eigenvalue weighted by Gasteiger charge is 2.42. The Morgan fingerprint density at radius 2 is 2.03 bits per heavy atom. The Morgan fingerprint density at radius 1 is 1.28 bits per heavy atom. The Labute approximate surface area is 191 Å². The van der Waals surface area contributed by atoms with Crippen molar-refractivity contribution >= 4 is 57.5 Å². The summed E-state index contributed by atoms with van der Waals surface area (Å²) in [6.45, 7) is -0.132. The zero-order valence-electron chi connectivity index (χ0n) is 16.7. The minimum Gasteiger partial charge on any atom is -0.460 e. The van der Waals surface area contributed by atoms with Crippen molar-refractivity contribution in [3.05, 3.63) is 47.0 Å². The van der Waals surface area contributed by atoms with E-state index in [-0.39, 0.29) is 29.0 Å². The van der Waals surface area contributed by atoms with Gasteiger partial charge in [-0.1, -0.05) is 23.4 Å². The number of rotatable bonds is 9. The van der Waals surface area contributed by atoms with E-state index in [4.69, 9.17) is 21.2 Å². The van der Waals surface area contributed by atoms with Gasteiger partial charge in [0.25, 0.3) is 5.91 Å². The number of nitrogens with one attached hydrogen (secondary N) is 3. The highest BCUT2D eigenvalue weighted by atomic mass is 35.5. The molecular formula is C19H18ClN5O6S. The van der Waals surface area contributed by atoms with E-state index < -0.39 is 35.8 Å². The number of hydrogen-bond acceptors (Lipinski definition) is 9. The van der Waals surface area contributed by atoms with Crippen LogP contribution in [0.1, 0.15) is 16.1 Å². The van der Waals surface area contributed by atoms with E-state index in [1.54, 1.807) is 30.3 Å². The second-order valence-electron chi connectivity index (χ2n) is 6.37. The van der Waals surface area contributed by atoms with Gasteiger partial charge in [0.15, 0.2) is 10.8 Å². The first-order chi connectivity index (χ1) is 15.4. The van der Waals surface area contributed by atoms with E-state index in [0.717, 1.165) is 11.3 Å². The Bertz CT molecular complexity index is 1040. The average Bonchev–Trinajstić information content (AvgIpc) is 3.26. The predicted octanol–water partition coefficient (Wildman–Crippen LogP) is 0.511. The first kappa shape index (κ1) is 23.2. The number of halogens is 1. The maximum Gasteiger partial charge on any atom is 0.338 e. The minimum atomic E-state index is -0.942. The number of ether oxygens (including phenoxy) is 1. The van der Waals surface area contributed by atoms with Crippen LogP contribution < -0.4 is 16.0 Å². The Balaban J connectivity index is 1.61. The molecule has 11 nitrogen and oxygen atoms in total. The summed E-state index contributed by atoms with van der Waals surface area (Å²) in [7, 11) is 1.25. The molecule has 1 saturated heterocycles. The lowest BCUT2D eigenvalue weighted by atomic mass is 9.99. The quantitative estimate of drug-likeness (QED) is 0.156. The molecule has 0 aliphatic carbocycles. The summed E-state index contributed by atoms with van der Waals surface area (Å²) < 4.78 is 5.21.